The molecule has 3 atom stereocenters. The standard InChI is InChI=1S/C12H22N2O2/c1-12(6-2-5-10(12)13)11(16)14-7-3-4-9(15)8-14/h9-10,15H,2-8,13H2,1H3. The molecule has 2 rings (SSSR count). The van der Waals surface area contributed by atoms with E-state index in [0.717, 1.165) is 38.6 Å². The van der Waals surface area contributed by atoms with Gasteiger partial charge in [0.05, 0.1) is 11.5 Å². The summed E-state index contributed by atoms with van der Waals surface area (Å²) in [7, 11) is 0. The third kappa shape index (κ3) is 1.96. The topological polar surface area (TPSA) is 66.6 Å². The van der Waals surface area contributed by atoms with Crippen LogP contribution in [-0.2, 0) is 4.79 Å². The Balaban J connectivity index is 2.06. The second-order valence-corrected chi connectivity index (χ2v) is 5.46. The van der Waals surface area contributed by atoms with Crippen LogP contribution in [0.2, 0.25) is 0 Å². The molecule has 1 aliphatic heterocycles. The average Bonchev–Trinajstić information content (AvgIpc) is 2.59. The van der Waals surface area contributed by atoms with Crippen LogP contribution in [0.3, 0.4) is 0 Å². The summed E-state index contributed by atoms with van der Waals surface area (Å²) < 4.78 is 0. The number of rotatable bonds is 1. The fraction of sp³-hybridized carbons (Fsp3) is 0.917. The molecule has 0 aromatic rings. The molecule has 0 radical (unpaired) electrons. The van der Waals surface area contributed by atoms with E-state index in [9.17, 15) is 9.90 Å². The summed E-state index contributed by atoms with van der Waals surface area (Å²) in [6, 6.07) is -0.0148. The number of hydrogen-bond acceptors (Lipinski definition) is 3. The van der Waals surface area contributed by atoms with Crippen molar-refractivity contribution in [1.29, 1.82) is 0 Å². The van der Waals surface area contributed by atoms with E-state index in [0.29, 0.717) is 6.54 Å². The Morgan fingerprint density at radius 2 is 2.19 bits per heavy atom. The lowest BCUT2D eigenvalue weighted by molar-refractivity contribution is -0.144. The molecule has 92 valence electrons. The normalized spacial score (nSPS) is 40.1. The Kier molecular flexibility index (Phi) is 3.22. The molecule has 2 aliphatic rings. The summed E-state index contributed by atoms with van der Waals surface area (Å²) in [5.74, 6) is 0.149. The van der Waals surface area contributed by atoms with Crippen LogP contribution in [0, 0.1) is 5.41 Å². The highest BCUT2D eigenvalue weighted by Gasteiger charge is 2.45. The first-order valence-electron chi connectivity index (χ1n) is 6.27. The summed E-state index contributed by atoms with van der Waals surface area (Å²) in [4.78, 5) is 14.2. The van der Waals surface area contributed by atoms with E-state index in [-0.39, 0.29) is 18.1 Å². The highest BCUT2D eigenvalue weighted by molar-refractivity contribution is 5.83. The third-order valence-electron chi connectivity index (χ3n) is 4.20. The molecule has 1 amide bonds. The van der Waals surface area contributed by atoms with Crippen molar-refractivity contribution in [3.05, 3.63) is 0 Å². The van der Waals surface area contributed by atoms with Crippen molar-refractivity contribution in [1.82, 2.24) is 4.90 Å². The zero-order valence-corrected chi connectivity index (χ0v) is 9.98. The van der Waals surface area contributed by atoms with E-state index < -0.39 is 5.41 Å². The second kappa shape index (κ2) is 4.34. The largest absolute Gasteiger partial charge is 0.391 e. The van der Waals surface area contributed by atoms with Gasteiger partial charge in [-0.05, 0) is 32.6 Å². The van der Waals surface area contributed by atoms with Gasteiger partial charge in [0, 0.05) is 19.1 Å². The maximum absolute atomic E-state index is 12.4. The number of β-amino-alcohol motifs (C(OH)–C–C–N with tert-alkyl or cyclic N) is 1. The van der Waals surface area contributed by atoms with E-state index in [4.69, 9.17) is 5.73 Å². The van der Waals surface area contributed by atoms with Gasteiger partial charge in [-0.2, -0.15) is 0 Å². The maximum atomic E-state index is 12.4. The van der Waals surface area contributed by atoms with Gasteiger partial charge in [-0.3, -0.25) is 4.79 Å². The maximum Gasteiger partial charge on any atom is 0.230 e. The number of nitrogens with two attached hydrogens (primary N) is 1. The fourth-order valence-electron chi connectivity index (χ4n) is 2.96. The van der Waals surface area contributed by atoms with E-state index >= 15 is 0 Å². The molecule has 0 aromatic heterocycles. The lowest BCUT2D eigenvalue weighted by atomic mass is 9.83. The smallest absolute Gasteiger partial charge is 0.230 e. The van der Waals surface area contributed by atoms with Crippen LogP contribution in [-0.4, -0.2) is 41.1 Å². The van der Waals surface area contributed by atoms with Crippen LogP contribution in [0.1, 0.15) is 39.0 Å². The predicted molar refractivity (Wildman–Crippen MR) is 61.8 cm³/mol. The van der Waals surface area contributed by atoms with Crippen molar-refractivity contribution < 1.29 is 9.90 Å². The monoisotopic (exact) mass is 226 g/mol. The average molecular weight is 226 g/mol. The number of nitrogens with zero attached hydrogens (tertiary/aromatic N) is 1. The first-order chi connectivity index (χ1) is 7.54. The van der Waals surface area contributed by atoms with Crippen molar-refractivity contribution in [2.45, 2.75) is 51.2 Å². The zero-order chi connectivity index (χ0) is 11.8. The van der Waals surface area contributed by atoms with Gasteiger partial charge >= 0.3 is 0 Å². The molecule has 0 bridgehead atoms. The quantitative estimate of drug-likeness (QED) is 0.683. The Hall–Kier alpha value is -0.610. The van der Waals surface area contributed by atoms with E-state index in [1.165, 1.54) is 0 Å². The van der Waals surface area contributed by atoms with Gasteiger partial charge in [0.15, 0.2) is 0 Å². The van der Waals surface area contributed by atoms with Crippen molar-refractivity contribution in [2.24, 2.45) is 11.1 Å². The molecule has 1 heterocycles. The Morgan fingerprint density at radius 1 is 1.44 bits per heavy atom. The number of hydrogen-bond donors (Lipinski definition) is 2. The molecular weight excluding hydrogens is 204 g/mol. The predicted octanol–water partition coefficient (Wildman–Crippen LogP) is 0.487. The molecule has 16 heavy (non-hydrogen) atoms. The van der Waals surface area contributed by atoms with Gasteiger partial charge in [0.2, 0.25) is 5.91 Å². The summed E-state index contributed by atoms with van der Waals surface area (Å²) in [6.45, 7) is 3.24. The fourth-order valence-corrected chi connectivity index (χ4v) is 2.96. The molecule has 3 unspecified atom stereocenters. The van der Waals surface area contributed by atoms with E-state index in [1.807, 2.05) is 6.92 Å². The summed E-state index contributed by atoms with van der Waals surface area (Å²) >= 11 is 0. The number of amides is 1. The summed E-state index contributed by atoms with van der Waals surface area (Å²) in [6.07, 6.45) is 4.24. The van der Waals surface area contributed by atoms with Crippen LogP contribution in [0.15, 0.2) is 0 Å². The van der Waals surface area contributed by atoms with Crippen LogP contribution >= 0.6 is 0 Å². The lowest BCUT2D eigenvalue weighted by Crippen LogP contribution is -2.52. The second-order valence-electron chi connectivity index (χ2n) is 5.46. The Morgan fingerprint density at radius 3 is 2.75 bits per heavy atom. The minimum absolute atomic E-state index is 0.0148. The van der Waals surface area contributed by atoms with Gasteiger partial charge in [-0.15, -0.1) is 0 Å². The van der Waals surface area contributed by atoms with Gasteiger partial charge in [-0.25, -0.2) is 0 Å². The van der Waals surface area contributed by atoms with Crippen molar-refractivity contribution >= 4 is 5.91 Å². The SMILES string of the molecule is CC1(C(=O)N2CCCC(O)C2)CCCC1N. The van der Waals surface area contributed by atoms with Crippen LogP contribution in [0.5, 0.6) is 0 Å². The lowest BCUT2D eigenvalue weighted by Gasteiger charge is -2.37. The van der Waals surface area contributed by atoms with Gasteiger partial charge in [-0.1, -0.05) is 6.42 Å². The van der Waals surface area contributed by atoms with E-state index in [2.05, 4.69) is 0 Å². The molecule has 2 fully saturated rings. The van der Waals surface area contributed by atoms with Crippen molar-refractivity contribution in [3.63, 3.8) is 0 Å². The van der Waals surface area contributed by atoms with Crippen molar-refractivity contribution in [2.75, 3.05) is 13.1 Å². The van der Waals surface area contributed by atoms with Gasteiger partial charge in [0.1, 0.15) is 0 Å². The molecule has 4 nitrogen and oxygen atoms in total. The molecule has 4 heteroatoms. The van der Waals surface area contributed by atoms with Crippen LogP contribution in [0.25, 0.3) is 0 Å². The number of carbonyl (C=O) groups is 1. The van der Waals surface area contributed by atoms with Crippen LogP contribution in [0.4, 0.5) is 0 Å². The molecule has 3 N–H and O–H groups in total. The number of likely N-dealkylation sites (tertiary alicyclic amines) is 1. The molecule has 0 spiro atoms. The summed E-state index contributed by atoms with van der Waals surface area (Å²) in [5, 5.41) is 9.60. The molecule has 0 aromatic carbocycles. The highest BCUT2D eigenvalue weighted by atomic mass is 16.3. The van der Waals surface area contributed by atoms with Gasteiger partial charge in [0.25, 0.3) is 0 Å². The minimum Gasteiger partial charge on any atom is -0.391 e. The highest BCUT2D eigenvalue weighted by Crippen LogP contribution is 2.38. The minimum atomic E-state index is -0.392. The van der Waals surface area contributed by atoms with Crippen molar-refractivity contribution in [3.8, 4) is 0 Å². The Bertz CT molecular complexity index is 282. The molecule has 1 saturated heterocycles. The zero-order valence-electron chi connectivity index (χ0n) is 9.98. The first kappa shape index (κ1) is 11.9. The Labute approximate surface area is 96.8 Å². The summed E-state index contributed by atoms with van der Waals surface area (Å²) in [5.41, 5.74) is 5.65. The first-order valence-corrected chi connectivity index (χ1v) is 6.27. The molecule has 1 saturated carbocycles. The molecular formula is C12H22N2O2. The number of aliphatic hydroxyl groups is 1. The number of carbonyl (C=O) groups excluding carboxylic acids is 1. The molecule has 1 aliphatic carbocycles. The number of piperidine rings is 1. The van der Waals surface area contributed by atoms with E-state index in [1.54, 1.807) is 4.90 Å². The number of aliphatic hydroxyl groups excluding tert-OH is 1. The van der Waals surface area contributed by atoms with Gasteiger partial charge < -0.3 is 15.7 Å². The van der Waals surface area contributed by atoms with Crippen LogP contribution < -0.4 is 5.73 Å². The third-order valence-corrected chi connectivity index (χ3v) is 4.20.